The predicted octanol–water partition coefficient (Wildman–Crippen LogP) is 4.70. The number of hydrogen-bond donors (Lipinski definition) is 0. The largest absolute Gasteiger partial charge is 0.329 e. The summed E-state index contributed by atoms with van der Waals surface area (Å²) in [7, 11) is 1.96. The third kappa shape index (κ3) is 2.60. The third-order valence-corrected chi connectivity index (χ3v) is 4.97. The number of thiophene rings is 1. The molecule has 0 N–H and O–H groups in total. The zero-order valence-electron chi connectivity index (χ0n) is 14.3. The van der Waals surface area contributed by atoms with Crippen LogP contribution >= 0.6 is 11.3 Å². The quantitative estimate of drug-likeness (QED) is 0.485. The molecule has 0 unspecified atom stereocenters. The Labute approximate surface area is 155 Å². The lowest BCUT2D eigenvalue weighted by Gasteiger charge is -2.21. The maximum atomic E-state index is 4.70. The van der Waals surface area contributed by atoms with E-state index in [1.807, 2.05) is 22.4 Å². The second-order valence-electron chi connectivity index (χ2n) is 5.77. The van der Waals surface area contributed by atoms with Crippen LogP contribution in [-0.4, -0.2) is 26.6 Å². The van der Waals surface area contributed by atoms with Crippen LogP contribution in [0.2, 0.25) is 0 Å². The summed E-state index contributed by atoms with van der Waals surface area (Å²) >= 11 is 1.69. The minimum atomic E-state index is 0.559. The Hall–Kier alpha value is -3.25. The van der Waals surface area contributed by atoms with Gasteiger partial charge in [0.05, 0.1) is 5.52 Å². The van der Waals surface area contributed by atoms with Crippen LogP contribution in [0.4, 0.5) is 5.82 Å². The molecule has 4 aromatic rings. The number of rotatable bonds is 5. The molecule has 0 saturated carbocycles. The van der Waals surface area contributed by atoms with Crippen molar-refractivity contribution in [3.63, 3.8) is 0 Å². The number of benzene rings is 1. The molecule has 0 saturated heterocycles. The highest BCUT2D eigenvalue weighted by molar-refractivity contribution is 7.08. The topological polar surface area (TPSA) is 46.3 Å². The normalized spacial score (nSPS) is 11.8. The van der Waals surface area contributed by atoms with Crippen LogP contribution in [0, 0.1) is 0 Å². The molecule has 5 nitrogen and oxygen atoms in total. The summed E-state index contributed by atoms with van der Waals surface area (Å²) in [6.07, 6.45) is 7.11. The second-order valence-corrected chi connectivity index (χ2v) is 6.55. The summed E-state index contributed by atoms with van der Waals surface area (Å²) in [5.41, 5.74) is 4.26. The van der Waals surface area contributed by atoms with Gasteiger partial charge in [0.25, 0.3) is 5.78 Å². The number of aromatic nitrogens is 4. The summed E-state index contributed by atoms with van der Waals surface area (Å²) < 4.78 is 1.91. The van der Waals surface area contributed by atoms with Crippen molar-refractivity contribution in [1.82, 2.24) is 19.6 Å². The van der Waals surface area contributed by atoms with Crippen LogP contribution in [0.1, 0.15) is 0 Å². The highest BCUT2D eigenvalue weighted by Gasteiger charge is 2.15. The summed E-state index contributed by atoms with van der Waals surface area (Å²) in [6.45, 7) is 7.66. The van der Waals surface area contributed by atoms with Gasteiger partial charge in [0.2, 0.25) is 0 Å². The molecule has 0 spiro atoms. The van der Waals surface area contributed by atoms with E-state index in [1.165, 1.54) is 5.56 Å². The Bertz CT molecular complexity index is 1140. The van der Waals surface area contributed by atoms with Crippen molar-refractivity contribution in [2.45, 2.75) is 0 Å². The van der Waals surface area contributed by atoms with Crippen LogP contribution < -0.4 is 4.90 Å². The monoisotopic (exact) mass is 359 g/mol. The van der Waals surface area contributed by atoms with Crippen LogP contribution in [0.25, 0.3) is 27.8 Å². The molecular formula is C20H17N5S. The maximum absolute atomic E-state index is 4.70. The minimum Gasteiger partial charge on any atom is -0.329 e. The zero-order chi connectivity index (χ0) is 18.1. The first-order valence-electron chi connectivity index (χ1n) is 8.08. The standard InChI is InChI=1S/C20H17N5S/c1-4-6-16(5-2)24(3)19-17-8-7-14(15-9-10-26-12-15)11-18(17)25-13-21-23-20(25)22-19/h4-13H,1-2H2,3H3/b16-6+. The summed E-state index contributed by atoms with van der Waals surface area (Å²) in [4.78, 5) is 6.68. The molecule has 0 fully saturated rings. The van der Waals surface area contributed by atoms with Crippen molar-refractivity contribution >= 4 is 33.8 Å². The maximum Gasteiger partial charge on any atom is 0.257 e. The van der Waals surface area contributed by atoms with E-state index in [4.69, 9.17) is 4.98 Å². The fourth-order valence-electron chi connectivity index (χ4n) is 2.97. The first-order chi connectivity index (χ1) is 12.7. The minimum absolute atomic E-state index is 0.559. The number of allylic oxidation sites excluding steroid dienone is 3. The van der Waals surface area contributed by atoms with Gasteiger partial charge >= 0.3 is 0 Å². The van der Waals surface area contributed by atoms with E-state index in [0.29, 0.717) is 5.78 Å². The van der Waals surface area contributed by atoms with Gasteiger partial charge < -0.3 is 4.90 Å². The van der Waals surface area contributed by atoms with E-state index in [0.717, 1.165) is 28.0 Å². The number of hydrogen-bond acceptors (Lipinski definition) is 5. The molecule has 0 amide bonds. The second kappa shape index (κ2) is 6.57. The van der Waals surface area contributed by atoms with Crippen LogP contribution in [-0.2, 0) is 0 Å². The highest BCUT2D eigenvalue weighted by atomic mass is 32.1. The molecule has 0 bridgehead atoms. The Morgan fingerprint density at radius 2 is 2.12 bits per heavy atom. The molecule has 0 radical (unpaired) electrons. The third-order valence-electron chi connectivity index (χ3n) is 4.29. The molecule has 6 heteroatoms. The van der Waals surface area contributed by atoms with E-state index in [9.17, 15) is 0 Å². The van der Waals surface area contributed by atoms with Crippen molar-refractivity contribution < 1.29 is 0 Å². The molecule has 0 aliphatic carbocycles. The van der Waals surface area contributed by atoms with E-state index >= 15 is 0 Å². The van der Waals surface area contributed by atoms with Gasteiger partial charge in [-0.05, 0) is 52.2 Å². The Morgan fingerprint density at radius 3 is 2.85 bits per heavy atom. The highest BCUT2D eigenvalue weighted by Crippen LogP contribution is 2.31. The average molecular weight is 359 g/mol. The fraction of sp³-hybridized carbons (Fsp3) is 0.0500. The van der Waals surface area contributed by atoms with E-state index in [-0.39, 0.29) is 0 Å². The first kappa shape index (κ1) is 16.2. The molecule has 0 atom stereocenters. The van der Waals surface area contributed by atoms with Gasteiger partial charge in [0.1, 0.15) is 12.1 Å². The Morgan fingerprint density at radius 1 is 1.23 bits per heavy atom. The smallest absolute Gasteiger partial charge is 0.257 e. The average Bonchev–Trinajstić information content (AvgIpc) is 3.36. The molecular weight excluding hydrogens is 342 g/mol. The van der Waals surface area contributed by atoms with Gasteiger partial charge in [-0.25, -0.2) is 0 Å². The lowest BCUT2D eigenvalue weighted by atomic mass is 10.1. The lowest BCUT2D eigenvalue weighted by molar-refractivity contribution is 1.06. The molecule has 0 aliphatic heterocycles. The molecule has 0 aliphatic rings. The summed E-state index contributed by atoms with van der Waals surface area (Å²) in [6, 6.07) is 8.48. The van der Waals surface area contributed by atoms with Crippen LogP contribution in [0.5, 0.6) is 0 Å². The van der Waals surface area contributed by atoms with Crippen molar-refractivity contribution in [3.05, 3.63) is 78.4 Å². The number of likely N-dealkylation sites (N-methyl/N-ethyl adjacent to an activating group) is 1. The fourth-order valence-corrected chi connectivity index (χ4v) is 3.64. The van der Waals surface area contributed by atoms with Gasteiger partial charge in [-0.15, -0.1) is 10.2 Å². The molecule has 26 heavy (non-hydrogen) atoms. The summed E-state index contributed by atoms with van der Waals surface area (Å²) in [5.74, 6) is 1.36. The van der Waals surface area contributed by atoms with Crippen LogP contribution in [0.15, 0.2) is 78.4 Å². The molecule has 3 aromatic heterocycles. The Balaban J connectivity index is 2.00. The van der Waals surface area contributed by atoms with Gasteiger partial charge in [-0.1, -0.05) is 25.3 Å². The number of nitrogens with zero attached hydrogens (tertiary/aromatic N) is 5. The van der Waals surface area contributed by atoms with Gasteiger partial charge in [-0.2, -0.15) is 16.3 Å². The van der Waals surface area contributed by atoms with Gasteiger partial charge in [0.15, 0.2) is 0 Å². The van der Waals surface area contributed by atoms with E-state index in [1.54, 1.807) is 29.8 Å². The van der Waals surface area contributed by atoms with Crippen molar-refractivity contribution in [1.29, 1.82) is 0 Å². The zero-order valence-corrected chi connectivity index (χ0v) is 15.1. The van der Waals surface area contributed by atoms with E-state index in [2.05, 4.69) is 58.4 Å². The molecule has 4 rings (SSSR count). The number of fused-ring (bicyclic) bond motifs is 3. The van der Waals surface area contributed by atoms with Gasteiger partial charge in [-0.3, -0.25) is 4.40 Å². The molecule has 3 heterocycles. The Kier molecular flexibility index (Phi) is 4.10. The van der Waals surface area contributed by atoms with Crippen molar-refractivity contribution in [2.24, 2.45) is 0 Å². The van der Waals surface area contributed by atoms with E-state index < -0.39 is 0 Å². The lowest BCUT2D eigenvalue weighted by Crippen LogP contribution is -2.17. The molecule has 1 aromatic carbocycles. The summed E-state index contributed by atoms with van der Waals surface area (Å²) in [5, 5.41) is 13.4. The molecule has 128 valence electrons. The van der Waals surface area contributed by atoms with Crippen molar-refractivity contribution in [3.8, 4) is 11.1 Å². The van der Waals surface area contributed by atoms with Gasteiger partial charge in [0, 0.05) is 18.1 Å². The van der Waals surface area contributed by atoms with Crippen LogP contribution in [0.3, 0.4) is 0 Å². The number of anilines is 1. The predicted molar refractivity (Wildman–Crippen MR) is 108 cm³/mol. The van der Waals surface area contributed by atoms with Crippen molar-refractivity contribution in [2.75, 3.05) is 11.9 Å². The first-order valence-corrected chi connectivity index (χ1v) is 9.02. The SMILES string of the molecule is C=C/C=C(\C=C)N(C)c1nc2nncn2c2cc(-c3ccsc3)ccc12.